The molecule has 294 valence electrons. The standard InChI is InChI=1S/C48H50N8O2/c57-45(29-33-9-3-1-4-10-33)53-25-21-37(31-53)55-23-7-13-43(55)47-49-39-19-17-35(27-41(39)51-47)15-16-36-18-20-40-42(28-36)52-48(50-40)44-14-8-24-56(44)38-22-26-54(32-38)46(58)30-34-11-5-2-6-12-34/h1-6,9-12,17-20,27-28,37-38,43-44H,7-8,13-14,21-26,29-32H2,(H,49,51)(H,50,52)/t37-,38-,43-,44?/m0/s1. The zero-order chi connectivity index (χ0) is 39.0. The van der Waals surface area contributed by atoms with Crippen molar-refractivity contribution in [3.05, 3.63) is 131 Å². The van der Waals surface area contributed by atoms with Crippen LogP contribution in [0.1, 0.15) is 84.5 Å². The Hall–Kier alpha value is -5.76. The minimum absolute atomic E-state index is 0.216. The van der Waals surface area contributed by atoms with Gasteiger partial charge in [0.25, 0.3) is 0 Å². The molecular weight excluding hydrogens is 721 g/mol. The number of amides is 2. The van der Waals surface area contributed by atoms with E-state index in [9.17, 15) is 9.59 Å². The van der Waals surface area contributed by atoms with Crippen molar-refractivity contribution in [1.29, 1.82) is 0 Å². The molecule has 58 heavy (non-hydrogen) atoms. The monoisotopic (exact) mass is 770 g/mol. The lowest BCUT2D eigenvalue weighted by molar-refractivity contribution is -0.130. The fourth-order valence-corrected chi connectivity index (χ4v) is 9.96. The summed E-state index contributed by atoms with van der Waals surface area (Å²) in [5.41, 5.74) is 7.93. The lowest BCUT2D eigenvalue weighted by Crippen LogP contribution is -2.39. The lowest BCUT2D eigenvalue weighted by atomic mass is 10.1. The highest BCUT2D eigenvalue weighted by atomic mass is 16.2. The van der Waals surface area contributed by atoms with Gasteiger partial charge >= 0.3 is 0 Å². The number of aromatic amines is 2. The van der Waals surface area contributed by atoms with Gasteiger partial charge in [-0.3, -0.25) is 19.4 Å². The minimum Gasteiger partial charge on any atom is -0.341 e. The predicted octanol–water partition coefficient (Wildman–Crippen LogP) is 6.80. The molecule has 4 fully saturated rings. The summed E-state index contributed by atoms with van der Waals surface area (Å²) in [7, 11) is 0. The number of fused-ring (bicyclic) bond motifs is 2. The van der Waals surface area contributed by atoms with Crippen LogP contribution in [-0.2, 0) is 22.4 Å². The Morgan fingerprint density at radius 3 is 1.47 bits per heavy atom. The van der Waals surface area contributed by atoms with E-state index >= 15 is 0 Å². The van der Waals surface area contributed by atoms with E-state index < -0.39 is 0 Å². The molecule has 2 N–H and O–H groups in total. The third-order valence-electron chi connectivity index (χ3n) is 12.9. The predicted molar refractivity (Wildman–Crippen MR) is 226 cm³/mol. The van der Waals surface area contributed by atoms with E-state index in [0.717, 1.165) is 134 Å². The summed E-state index contributed by atoms with van der Waals surface area (Å²) >= 11 is 0. The Balaban J connectivity index is 0.785. The number of hydrogen-bond donors (Lipinski definition) is 2. The summed E-state index contributed by atoms with van der Waals surface area (Å²) in [5, 5.41) is 0. The van der Waals surface area contributed by atoms with Gasteiger partial charge in [-0.15, -0.1) is 0 Å². The highest BCUT2D eigenvalue weighted by Gasteiger charge is 2.39. The number of carbonyl (C=O) groups excluding carboxylic acids is 2. The summed E-state index contributed by atoms with van der Waals surface area (Å²) in [6, 6.07) is 33.7. The molecule has 0 saturated carbocycles. The molecule has 2 aromatic heterocycles. The van der Waals surface area contributed by atoms with Crippen LogP contribution in [0, 0.1) is 11.8 Å². The average Bonchev–Trinajstić information content (AvgIpc) is 4.09. The molecule has 1 unspecified atom stereocenters. The Bertz CT molecular complexity index is 2330. The SMILES string of the molecule is O=C(Cc1ccccc1)N1CC[C@H](N2CCCC2c2nc3ccc(C#Cc4ccc5nc([C@@H]6CCCN6[C@H]6CCN(C(=O)Cc7ccccc7)C6)[nH]c5c4)cc3[nH]2)C1. The third kappa shape index (κ3) is 7.52. The summed E-state index contributed by atoms with van der Waals surface area (Å²) in [6.07, 6.45) is 7.31. The van der Waals surface area contributed by atoms with Crippen LogP contribution in [-0.4, -0.2) is 103 Å². The molecule has 6 heterocycles. The Labute approximate surface area is 339 Å². The van der Waals surface area contributed by atoms with Crippen LogP contribution in [0.3, 0.4) is 0 Å². The average molecular weight is 771 g/mol. The molecule has 10 nitrogen and oxygen atoms in total. The van der Waals surface area contributed by atoms with E-state index in [-0.39, 0.29) is 23.9 Å². The minimum atomic E-state index is 0.216. The number of rotatable bonds is 8. The van der Waals surface area contributed by atoms with E-state index in [1.807, 2.05) is 70.5 Å². The number of hydrogen-bond acceptors (Lipinski definition) is 6. The van der Waals surface area contributed by atoms with E-state index in [1.165, 1.54) is 0 Å². The second kappa shape index (κ2) is 15.9. The third-order valence-corrected chi connectivity index (χ3v) is 12.9. The highest BCUT2D eigenvalue weighted by molar-refractivity contribution is 5.80. The smallest absolute Gasteiger partial charge is 0.227 e. The number of aromatic nitrogens is 4. The molecule has 4 saturated heterocycles. The number of carbonyl (C=O) groups is 2. The Morgan fingerprint density at radius 1 is 0.569 bits per heavy atom. The van der Waals surface area contributed by atoms with Crippen molar-refractivity contribution in [2.75, 3.05) is 39.3 Å². The van der Waals surface area contributed by atoms with Crippen LogP contribution in [0.15, 0.2) is 97.1 Å². The fraction of sp³-hybridized carbons (Fsp3) is 0.375. The summed E-state index contributed by atoms with van der Waals surface area (Å²) in [6.45, 7) is 5.25. The first-order valence-electron chi connectivity index (χ1n) is 21.2. The largest absolute Gasteiger partial charge is 0.341 e. The maximum Gasteiger partial charge on any atom is 0.227 e. The summed E-state index contributed by atoms with van der Waals surface area (Å²) < 4.78 is 0. The zero-order valence-electron chi connectivity index (χ0n) is 32.9. The second-order valence-electron chi connectivity index (χ2n) is 16.6. The zero-order valence-corrected chi connectivity index (χ0v) is 32.9. The molecule has 4 aliphatic heterocycles. The van der Waals surface area contributed by atoms with Gasteiger partial charge in [0.15, 0.2) is 0 Å². The molecular formula is C48H50N8O2. The van der Waals surface area contributed by atoms with Gasteiger partial charge in [-0.05, 0) is 99.1 Å². The van der Waals surface area contributed by atoms with Crippen molar-refractivity contribution in [1.82, 2.24) is 39.5 Å². The molecule has 10 heteroatoms. The van der Waals surface area contributed by atoms with Crippen molar-refractivity contribution in [2.24, 2.45) is 0 Å². The first-order valence-corrected chi connectivity index (χ1v) is 21.2. The van der Waals surface area contributed by atoms with Gasteiger partial charge < -0.3 is 19.8 Å². The van der Waals surface area contributed by atoms with Gasteiger partial charge in [0.2, 0.25) is 11.8 Å². The normalized spacial score (nSPS) is 22.6. The maximum absolute atomic E-state index is 13.1. The van der Waals surface area contributed by atoms with Crippen molar-refractivity contribution in [3.63, 3.8) is 0 Å². The molecule has 0 radical (unpaired) electrons. The lowest BCUT2D eigenvalue weighted by Gasteiger charge is -2.29. The van der Waals surface area contributed by atoms with Crippen molar-refractivity contribution >= 4 is 33.9 Å². The molecule has 4 aliphatic rings. The van der Waals surface area contributed by atoms with Gasteiger partial charge in [-0.25, -0.2) is 9.97 Å². The van der Waals surface area contributed by atoms with Gasteiger partial charge in [0.05, 0.1) is 47.0 Å². The number of imidazole rings is 2. The van der Waals surface area contributed by atoms with E-state index in [2.05, 4.69) is 68.0 Å². The van der Waals surface area contributed by atoms with Crippen LogP contribution in [0.5, 0.6) is 0 Å². The van der Waals surface area contributed by atoms with Gasteiger partial charge in [-0.1, -0.05) is 72.5 Å². The van der Waals surface area contributed by atoms with Crippen molar-refractivity contribution < 1.29 is 9.59 Å². The molecule has 0 aliphatic carbocycles. The Kier molecular flexibility index (Phi) is 10.0. The highest BCUT2D eigenvalue weighted by Crippen LogP contribution is 2.37. The number of H-pyrrole nitrogens is 2. The first kappa shape index (κ1) is 36.6. The van der Waals surface area contributed by atoms with Gasteiger partial charge in [0, 0.05) is 49.4 Å². The molecule has 0 spiro atoms. The van der Waals surface area contributed by atoms with Gasteiger partial charge in [0.1, 0.15) is 11.6 Å². The molecule has 0 bridgehead atoms. The van der Waals surface area contributed by atoms with E-state index in [0.29, 0.717) is 24.9 Å². The molecule has 4 aromatic carbocycles. The first-order chi connectivity index (χ1) is 28.5. The number of nitrogens with zero attached hydrogens (tertiary/aromatic N) is 6. The number of benzene rings is 4. The van der Waals surface area contributed by atoms with E-state index in [4.69, 9.17) is 9.97 Å². The second-order valence-corrected chi connectivity index (χ2v) is 16.6. The quantitative estimate of drug-likeness (QED) is 0.165. The van der Waals surface area contributed by atoms with Crippen LogP contribution < -0.4 is 0 Å². The maximum atomic E-state index is 13.1. The van der Waals surface area contributed by atoms with Crippen LogP contribution in [0.2, 0.25) is 0 Å². The molecule has 4 atom stereocenters. The van der Waals surface area contributed by atoms with Crippen LogP contribution in [0.4, 0.5) is 0 Å². The molecule has 2 amide bonds. The number of nitrogens with one attached hydrogen (secondary N) is 2. The molecule has 6 aromatic rings. The summed E-state index contributed by atoms with van der Waals surface area (Å²) in [4.78, 5) is 52.9. The van der Waals surface area contributed by atoms with Gasteiger partial charge in [-0.2, -0.15) is 0 Å². The summed E-state index contributed by atoms with van der Waals surface area (Å²) in [5.74, 6) is 9.24. The Morgan fingerprint density at radius 2 is 1.02 bits per heavy atom. The van der Waals surface area contributed by atoms with E-state index in [1.54, 1.807) is 0 Å². The van der Waals surface area contributed by atoms with Crippen molar-refractivity contribution in [3.8, 4) is 11.8 Å². The van der Waals surface area contributed by atoms with Crippen LogP contribution in [0.25, 0.3) is 22.1 Å². The topological polar surface area (TPSA) is 104 Å². The van der Waals surface area contributed by atoms with Crippen LogP contribution >= 0.6 is 0 Å². The fourth-order valence-electron chi connectivity index (χ4n) is 9.96. The molecule has 10 rings (SSSR count). The van der Waals surface area contributed by atoms with Crippen molar-refractivity contribution in [2.45, 2.75) is 75.5 Å². The number of likely N-dealkylation sites (tertiary alicyclic amines) is 4.